The quantitative estimate of drug-likeness (QED) is 0.221. The Morgan fingerprint density at radius 2 is 1.79 bits per heavy atom. The molecule has 1 aliphatic rings. The van der Waals surface area contributed by atoms with Gasteiger partial charge in [0.05, 0.1) is 18.1 Å². The number of para-hydroxylation sites is 1. The molecule has 0 aliphatic carbocycles. The molecule has 0 amide bonds. The summed E-state index contributed by atoms with van der Waals surface area (Å²) in [6.07, 6.45) is 0.713. The van der Waals surface area contributed by atoms with E-state index in [1.54, 1.807) is 18.2 Å². The molecule has 0 aromatic heterocycles. The van der Waals surface area contributed by atoms with E-state index in [2.05, 4.69) is 34.6 Å². The normalized spacial score (nSPS) is 15.8. The van der Waals surface area contributed by atoms with E-state index in [1.165, 1.54) is 25.1 Å². The van der Waals surface area contributed by atoms with Crippen LogP contribution in [0.5, 0.6) is 11.5 Å². The summed E-state index contributed by atoms with van der Waals surface area (Å²) in [5.41, 5.74) is 3.24. The molecule has 33 heavy (non-hydrogen) atoms. The van der Waals surface area contributed by atoms with Crippen molar-refractivity contribution < 1.29 is 14.8 Å². The lowest BCUT2D eigenvalue weighted by Crippen LogP contribution is -2.31. The minimum Gasteiger partial charge on any atom is -0.504 e. The number of nitro benzene ring substituents is 1. The van der Waals surface area contributed by atoms with E-state index < -0.39 is 0 Å². The van der Waals surface area contributed by atoms with Gasteiger partial charge in [-0.3, -0.25) is 10.1 Å². The van der Waals surface area contributed by atoms with Crippen molar-refractivity contribution in [3.8, 4) is 11.5 Å². The smallest absolute Gasteiger partial charge is 0.284 e. The molecular weight excluding hydrogens is 436 g/mol. The van der Waals surface area contributed by atoms with Crippen LogP contribution in [0.15, 0.2) is 83.8 Å². The van der Waals surface area contributed by atoms with E-state index >= 15 is 0 Å². The molecule has 166 valence electrons. The molecular formula is C26H22N2O4S. The summed E-state index contributed by atoms with van der Waals surface area (Å²) in [4.78, 5) is 11.9. The van der Waals surface area contributed by atoms with Crippen molar-refractivity contribution in [2.75, 3.05) is 13.7 Å². The van der Waals surface area contributed by atoms with Gasteiger partial charge in [-0.05, 0) is 70.1 Å². The van der Waals surface area contributed by atoms with Crippen LogP contribution in [-0.4, -0.2) is 28.0 Å². The second kappa shape index (κ2) is 8.77. The van der Waals surface area contributed by atoms with Crippen molar-refractivity contribution in [1.82, 2.24) is 4.31 Å². The summed E-state index contributed by atoms with van der Waals surface area (Å²) in [5, 5.41) is 24.2. The second-order valence-corrected chi connectivity index (χ2v) is 9.03. The lowest BCUT2D eigenvalue weighted by molar-refractivity contribution is -0.387. The second-order valence-electron chi connectivity index (χ2n) is 7.94. The Morgan fingerprint density at radius 3 is 2.58 bits per heavy atom. The monoisotopic (exact) mass is 458 g/mol. The van der Waals surface area contributed by atoms with Gasteiger partial charge in [0.25, 0.3) is 5.69 Å². The molecule has 1 heterocycles. The first-order valence-electron chi connectivity index (χ1n) is 10.6. The molecule has 1 aliphatic heterocycles. The Kier molecular flexibility index (Phi) is 5.66. The van der Waals surface area contributed by atoms with Crippen LogP contribution in [0.1, 0.15) is 22.7 Å². The maximum absolute atomic E-state index is 11.6. The number of hydrogen-bond donors (Lipinski definition) is 1. The standard InChI is InChI=1S/C26H22N2O4S/c1-32-24-16-21-19(15-23(24)29)12-13-27(33-25-9-5-4-8-22(25)28(30)31)26(21)20-11-10-17-6-2-3-7-18(17)14-20/h2-11,14-16,26,29H,12-13H2,1H3. The number of benzene rings is 4. The Balaban J connectivity index is 1.64. The van der Waals surface area contributed by atoms with Gasteiger partial charge in [0.2, 0.25) is 0 Å². The number of aromatic hydroxyl groups is 1. The first-order valence-corrected chi connectivity index (χ1v) is 11.4. The summed E-state index contributed by atoms with van der Waals surface area (Å²) in [5.74, 6) is 0.533. The van der Waals surface area contributed by atoms with Gasteiger partial charge < -0.3 is 9.84 Å². The fourth-order valence-electron chi connectivity index (χ4n) is 4.41. The largest absolute Gasteiger partial charge is 0.504 e. The van der Waals surface area contributed by atoms with Gasteiger partial charge in [0, 0.05) is 12.6 Å². The third-order valence-corrected chi connectivity index (χ3v) is 7.16. The lowest BCUT2D eigenvalue weighted by atomic mass is 9.88. The third kappa shape index (κ3) is 4.01. The lowest BCUT2D eigenvalue weighted by Gasteiger charge is -2.37. The highest BCUT2D eigenvalue weighted by molar-refractivity contribution is 7.97. The van der Waals surface area contributed by atoms with Crippen LogP contribution in [0.2, 0.25) is 0 Å². The molecule has 1 N–H and O–H groups in total. The number of phenols is 1. The van der Waals surface area contributed by atoms with Crippen LogP contribution in [0.3, 0.4) is 0 Å². The van der Waals surface area contributed by atoms with E-state index in [9.17, 15) is 15.2 Å². The summed E-state index contributed by atoms with van der Waals surface area (Å²) < 4.78 is 7.59. The molecule has 5 rings (SSSR count). The van der Waals surface area contributed by atoms with Gasteiger partial charge in [-0.2, -0.15) is 0 Å². The van der Waals surface area contributed by atoms with Gasteiger partial charge in [-0.1, -0.05) is 48.5 Å². The predicted octanol–water partition coefficient (Wildman–Crippen LogP) is 6.12. The van der Waals surface area contributed by atoms with Crippen molar-refractivity contribution in [3.63, 3.8) is 0 Å². The molecule has 0 saturated heterocycles. The number of phenolic OH excluding ortho intramolecular Hbond substituents is 1. The summed E-state index contributed by atoms with van der Waals surface area (Å²) in [7, 11) is 1.54. The van der Waals surface area contributed by atoms with Crippen LogP contribution in [0.4, 0.5) is 5.69 Å². The molecule has 4 aromatic carbocycles. The number of rotatable bonds is 5. The zero-order valence-electron chi connectivity index (χ0n) is 18.0. The fourth-order valence-corrected chi connectivity index (χ4v) is 5.56. The molecule has 0 fully saturated rings. The summed E-state index contributed by atoms with van der Waals surface area (Å²) in [6.45, 7) is 0.674. The van der Waals surface area contributed by atoms with E-state index in [0.717, 1.165) is 27.5 Å². The number of fused-ring (bicyclic) bond motifs is 2. The van der Waals surface area contributed by atoms with Crippen LogP contribution in [-0.2, 0) is 6.42 Å². The number of nitro groups is 1. The zero-order valence-corrected chi connectivity index (χ0v) is 18.8. The SMILES string of the molecule is COc1cc2c(cc1O)CCN(Sc1ccccc1[N+](=O)[O-])C2c1ccc2ccccc2c1. The molecule has 0 saturated carbocycles. The first-order chi connectivity index (χ1) is 16.0. The van der Waals surface area contributed by atoms with Crippen LogP contribution < -0.4 is 4.74 Å². The van der Waals surface area contributed by atoms with E-state index in [1.807, 2.05) is 24.3 Å². The van der Waals surface area contributed by atoms with E-state index in [4.69, 9.17) is 4.74 Å². The van der Waals surface area contributed by atoms with Crippen molar-refractivity contribution in [2.24, 2.45) is 0 Å². The van der Waals surface area contributed by atoms with Crippen LogP contribution in [0, 0.1) is 10.1 Å². The molecule has 0 bridgehead atoms. The number of nitrogens with zero attached hydrogens (tertiary/aromatic N) is 2. The Bertz CT molecular complexity index is 1360. The fraction of sp³-hybridized carbons (Fsp3) is 0.154. The van der Waals surface area contributed by atoms with Crippen LogP contribution >= 0.6 is 11.9 Å². The van der Waals surface area contributed by atoms with Crippen molar-refractivity contribution in [2.45, 2.75) is 17.4 Å². The topological polar surface area (TPSA) is 75.8 Å². The Labute approximate surface area is 195 Å². The molecule has 6 nitrogen and oxygen atoms in total. The Hall–Kier alpha value is -3.55. The third-order valence-electron chi connectivity index (χ3n) is 5.99. The molecule has 4 aromatic rings. The average molecular weight is 459 g/mol. The van der Waals surface area contributed by atoms with Crippen molar-refractivity contribution in [1.29, 1.82) is 0 Å². The van der Waals surface area contributed by atoms with Crippen molar-refractivity contribution in [3.05, 3.63) is 106 Å². The van der Waals surface area contributed by atoms with Crippen molar-refractivity contribution >= 4 is 28.4 Å². The molecule has 1 unspecified atom stereocenters. The van der Waals surface area contributed by atoms with E-state index in [-0.39, 0.29) is 22.4 Å². The highest BCUT2D eigenvalue weighted by Crippen LogP contribution is 2.46. The molecule has 7 heteroatoms. The van der Waals surface area contributed by atoms with Gasteiger partial charge in [0.1, 0.15) is 4.90 Å². The van der Waals surface area contributed by atoms with Gasteiger partial charge in [0.15, 0.2) is 11.5 Å². The predicted molar refractivity (Wildman–Crippen MR) is 130 cm³/mol. The maximum atomic E-state index is 11.6. The zero-order chi connectivity index (χ0) is 22.9. The highest BCUT2D eigenvalue weighted by Gasteiger charge is 2.32. The van der Waals surface area contributed by atoms with Gasteiger partial charge in [-0.15, -0.1) is 0 Å². The number of hydrogen-bond acceptors (Lipinski definition) is 6. The molecule has 0 spiro atoms. The average Bonchev–Trinajstić information content (AvgIpc) is 2.83. The van der Waals surface area contributed by atoms with Gasteiger partial charge in [-0.25, -0.2) is 4.31 Å². The minimum absolute atomic E-state index is 0.0915. The summed E-state index contributed by atoms with van der Waals surface area (Å²) >= 11 is 1.40. The molecule has 1 atom stereocenters. The molecule has 0 radical (unpaired) electrons. The number of ether oxygens (including phenoxy) is 1. The Morgan fingerprint density at radius 1 is 1.03 bits per heavy atom. The van der Waals surface area contributed by atoms with Crippen LogP contribution in [0.25, 0.3) is 10.8 Å². The van der Waals surface area contributed by atoms with Gasteiger partial charge >= 0.3 is 0 Å². The highest BCUT2D eigenvalue weighted by atomic mass is 32.2. The number of methoxy groups -OCH3 is 1. The first kappa shape index (κ1) is 21.3. The van der Waals surface area contributed by atoms with E-state index in [0.29, 0.717) is 23.6 Å². The maximum Gasteiger partial charge on any atom is 0.284 e. The summed E-state index contributed by atoms with van der Waals surface area (Å²) in [6, 6.07) is 24.9. The minimum atomic E-state index is -0.341.